The molecule has 1 heteroatoms. The molecule has 0 radical (unpaired) electrons. The molecular formula is C22H33B. The van der Waals surface area contributed by atoms with Gasteiger partial charge in [0.05, 0.1) is 0 Å². The molecular weight excluding hydrogens is 275 g/mol. The zero-order valence-corrected chi connectivity index (χ0v) is 16.0. The highest BCUT2D eigenvalue weighted by Crippen LogP contribution is 2.52. The molecule has 1 aromatic rings. The molecule has 0 amide bonds. The predicted molar refractivity (Wildman–Crippen MR) is 106 cm³/mol. The third-order valence-corrected chi connectivity index (χ3v) is 6.37. The second-order valence-electron chi connectivity index (χ2n) is 8.57. The lowest BCUT2D eigenvalue weighted by Gasteiger charge is -2.35. The molecule has 23 heavy (non-hydrogen) atoms. The van der Waals surface area contributed by atoms with Crippen LogP contribution in [0.15, 0.2) is 36.9 Å². The van der Waals surface area contributed by atoms with E-state index in [0.29, 0.717) is 17.5 Å². The summed E-state index contributed by atoms with van der Waals surface area (Å²) in [5.41, 5.74) is 6.89. The van der Waals surface area contributed by atoms with Gasteiger partial charge in [-0.1, -0.05) is 95.2 Å². The molecule has 0 aliphatic carbocycles. The van der Waals surface area contributed by atoms with E-state index in [2.05, 4.69) is 72.4 Å². The van der Waals surface area contributed by atoms with Crippen LogP contribution in [0.5, 0.6) is 0 Å². The summed E-state index contributed by atoms with van der Waals surface area (Å²) in [4.78, 5) is 0. The van der Waals surface area contributed by atoms with Crippen LogP contribution in [0.4, 0.5) is 0 Å². The second-order valence-corrected chi connectivity index (χ2v) is 8.57. The fourth-order valence-electron chi connectivity index (χ4n) is 4.11. The van der Waals surface area contributed by atoms with Crippen molar-refractivity contribution in [1.82, 2.24) is 0 Å². The molecule has 1 saturated heterocycles. The van der Waals surface area contributed by atoms with Gasteiger partial charge >= 0.3 is 0 Å². The van der Waals surface area contributed by atoms with E-state index in [1.54, 1.807) is 11.0 Å². The van der Waals surface area contributed by atoms with Gasteiger partial charge in [0.2, 0.25) is 0 Å². The molecule has 0 nitrogen and oxygen atoms in total. The lowest BCUT2D eigenvalue weighted by Crippen LogP contribution is -2.32. The SMILES string of the molecule is C=C/C=C\Cc1cc(B2CC(C)(C)C(C)(C)C2)c(CC)cc1C. The molecule has 0 unspecified atom stereocenters. The van der Waals surface area contributed by atoms with Crippen LogP contribution in [-0.4, -0.2) is 6.71 Å². The third-order valence-electron chi connectivity index (χ3n) is 6.37. The van der Waals surface area contributed by atoms with Crippen molar-refractivity contribution in [1.29, 1.82) is 0 Å². The first kappa shape index (κ1) is 18.1. The van der Waals surface area contributed by atoms with Crippen LogP contribution in [0.2, 0.25) is 12.6 Å². The van der Waals surface area contributed by atoms with Crippen LogP contribution in [0.3, 0.4) is 0 Å². The highest BCUT2D eigenvalue weighted by molar-refractivity contribution is 6.74. The van der Waals surface area contributed by atoms with E-state index in [9.17, 15) is 0 Å². The summed E-state index contributed by atoms with van der Waals surface area (Å²) < 4.78 is 0. The second kappa shape index (κ2) is 6.71. The Bertz CT molecular complexity index is 589. The topological polar surface area (TPSA) is 0 Å². The first-order valence-electron chi connectivity index (χ1n) is 9.11. The van der Waals surface area contributed by atoms with Gasteiger partial charge in [0.15, 0.2) is 6.71 Å². The summed E-state index contributed by atoms with van der Waals surface area (Å²) in [7, 11) is 0. The number of benzene rings is 1. The average Bonchev–Trinajstić information content (AvgIpc) is 2.68. The van der Waals surface area contributed by atoms with Crippen molar-refractivity contribution in [3.05, 3.63) is 53.6 Å². The standard InChI is InChI=1S/C22H33B/c1-8-10-11-12-19-14-20(18(9-2)13-17(19)3)23-15-21(4,5)22(6,7)16-23/h8,10-11,13-14H,1,9,12,15-16H2,2-7H3/b11-10-. The van der Waals surface area contributed by atoms with Gasteiger partial charge in [0.25, 0.3) is 0 Å². The van der Waals surface area contributed by atoms with E-state index in [1.807, 2.05) is 6.08 Å². The minimum Gasteiger partial charge on any atom is -0.0991 e. The molecule has 1 fully saturated rings. The average molecular weight is 308 g/mol. The molecule has 1 heterocycles. The molecule has 1 aliphatic heterocycles. The monoisotopic (exact) mass is 308 g/mol. The van der Waals surface area contributed by atoms with Crippen molar-refractivity contribution in [2.45, 2.75) is 67.0 Å². The van der Waals surface area contributed by atoms with Gasteiger partial charge in [-0.3, -0.25) is 0 Å². The van der Waals surface area contributed by atoms with Crippen molar-refractivity contribution in [2.24, 2.45) is 10.8 Å². The van der Waals surface area contributed by atoms with E-state index < -0.39 is 0 Å². The number of rotatable bonds is 5. The zero-order chi connectivity index (χ0) is 17.3. The zero-order valence-electron chi connectivity index (χ0n) is 16.0. The van der Waals surface area contributed by atoms with Crippen LogP contribution in [0.1, 0.15) is 51.3 Å². The summed E-state index contributed by atoms with van der Waals surface area (Å²) >= 11 is 0. The largest absolute Gasteiger partial charge is 0.177 e. The Morgan fingerprint density at radius 3 is 2.22 bits per heavy atom. The van der Waals surface area contributed by atoms with Gasteiger partial charge in [-0.15, -0.1) is 0 Å². The van der Waals surface area contributed by atoms with Crippen molar-refractivity contribution in [3.63, 3.8) is 0 Å². The van der Waals surface area contributed by atoms with Gasteiger partial charge in [0, 0.05) is 0 Å². The lowest BCUT2D eigenvalue weighted by molar-refractivity contribution is 0.177. The predicted octanol–water partition coefficient (Wildman–Crippen LogP) is 5.61. The molecule has 0 N–H and O–H groups in total. The maximum Gasteiger partial charge on any atom is 0.177 e. The maximum absolute atomic E-state index is 3.77. The van der Waals surface area contributed by atoms with Crippen molar-refractivity contribution in [3.8, 4) is 0 Å². The number of hydrogen-bond acceptors (Lipinski definition) is 0. The minimum absolute atomic E-state index is 0.413. The Labute approximate surface area is 144 Å². The Balaban J connectivity index is 2.39. The molecule has 0 saturated carbocycles. The van der Waals surface area contributed by atoms with Gasteiger partial charge in [-0.05, 0) is 41.7 Å². The smallest absolute Gasteiger partial charge is 0.0991 e. The molecule has 1 aliphatic rings. The molecule has 124 valence electrons. The quantitative estimate of drug-likeness (QED) is 0.490. The van der Waals surface area contributed by atoms with Crippen LogP contribution in [0.25, 0.3) is 0 Å². The Kier molecular flexibility index (Phi) is 5.28. The van der Waals surface area contributed by atoms with Crippen molar-refractivity contribution in [2.75, 3.05) is 0 Å². The van der Waals surface area contributed by atoms with Gasteiger partial charge in [-0.25, -0.2) is 0 Å². The minimum atomic E-state index is 0.413. The Morgan fingerprint density at radius 1 is 1.09 bits per heavy atom. The first-order valence-corrected chi connectivity index (χ1v) is 9.11. The summed E-state index contributed by atoms with van der Waals surface area (Å²) in [6.45, 7) is 18.8. The van der Waals surface area contributed by atoms with E-state index in [4.69, 9.17) is 0 Å². The van der Waals surface area contributed by atoms with E-state index in [-0.39, 0.29) is 0 Å². The first-order chi connectivity index (χ1) is 10.7. The van der Waals surface area contributed by atoms with Gasteiger partial charge < -0.3 is 0 Å². The number of hydrogen-bond donors (Lipinski definition) is 0. The van der Waals surface area contributed by atoms with E-state index >= 15 is 0 Å². The van der Waals surface area contributed by atoms with Crippen LogP contribution in [-0.2, 0) is 12.8 Å². The number of aryl methyl sites for hydroxylation is 2. The summed E-state index contributed by atoms with van der Waals surface area (Å²) in [6, 6.07) is 4.94. The molecule has 0 spiro atoms. The summed E-state index contributed by atoms with van der Waals surface area (Å²) in [5.74, 6) is 0. The van der Waals surface area contributed by atoms with E-state index in [0.717, 1.165) is 12.8 Å². The molecule has 0 aromatic heterocycles. The molecule has 0 atom stereocenters. The lowest BCUT2D eigenvalue weighted by atomic mass is 9.41. The van der Waals surface area contributed by atoms with Crippen molar-refractivity contribution >= 4 is 12.2 Å². The highest BCUT2D eigenvalue weighted by atomic mass is 14.4. The van der Waals surface area contributed by atoms with Crippen LogP contribution < -0.4 is 5.46 Å². The molecule has 2 rings (SSSR count). The fourth-order valence-corrected chi connectivity index (χ4v) is 4.11. The van der Waals surface area contributed by atoms with E-state index in [1.165, 1.54) is 23.8 Å². The highest BCUT2D eigenvalue weighted by Gasteiger charge is 2.48. The Hall–Kier alpha value is -1.24. The van der Waals surface area contributed by atoms with Crippen molar-refractivity contribution < 1.29 is 0 Å². The summed E-state index contributed by atoms with van der Waals surface area (Å²) in [5, 5.41) is 0. The summed E-state index contributed by atoms with van der Waals surface area (Å²) in [6.07, 6.45) is 10.9. The van der Waals surface area contributed by atoms with Crippen LogP contribution in [0, 0.1) is 17.8 Å². The molecule has 1 aromatic carbocycles. The van der Waals surface area contributed by atoms with Crippen LogP contribution >= 0.6 is 0 Å². The fraction of sp³-hybridized carbons (Fsp3) is 0.545. The molecule has 0 bridgehead atoms. The Morgan fingerprint density at radius 2 is 1.70 bits per heavy atom. The maximum atomic E-state index is 3.77. The van der Waals surface area contributed by atoms with Gasteiger partial charge in [0.1, 0.15) is 0 Å². The third kappa shape index (κ3) is 3.65. The number of allylic oxidation sites excluding steroid dienone is 3. The van der Waals surface area contributed by atoms with Gasteiger partial charge in [-0.2, -0.15) is 0 Å². The normalized spacial score (nSPS) is 19.5.